The van der Waals surface area contributed by atoms with E-state index in [-0.39, 0.29) is 24.1 Å². The van der Waals surface area contributed by atoms with Gasteiger partial charge in [0.2, 0.25) is 5.91 Å². The van der Waals surface area contributed by atoms with Crippen molar-refractivity contribution in [3.05, 3.63) is 71.6 Å². The monoisotopic (exact) mass is 346 g/mol. The molecule has 0 saturated heterocycles. The van der Waals surface area contributed by atoms with Crippen molar-refractivity contribution >= 4 is 12.0 Å². The quantitative estimate of drug-likeness (QED) is 0.756. The Kier molecular flexibility index (Phi) is 4.88. The number of aromatic nitrogens is 1. The predicted molar refractivity (Wildman–Crippen MR) is 88.3 cm³/mol. The van der Waals surface area contributed by atoms with Gasteiger partial charge in [-0.3, -0.25) is 9.78 Å². The topological polar surface area (TPSA) is 33.2 Å². The summed E-state index contributed by atoms with van der Waals surface area (Å²) >= 11 is 0. The number of carbonyl (C=O) groups is 1. The highest BCUT2D eigenvalue weighted by atomic mass is 19.4. The van der Waals surface area contributed by atoms with Crippen molar-refractivity contribution in [2.24, 2.45) is 0 Å². The van der Waals surface area contributed by atoms with Gasteiger partial charge in [0.1, 0.15) is 0 Å². The van der Waals surface area contributed by atoms with E-state index < -0.39 is 11.7 Å². The molecule has 0 radical (unpaired) electrons. The van der Waals surface area contributed by atoms with Crippen molar-refractivity contribution in [3.8, 4) is 0 Å². The molecule has 1 aromatic carbocycles. The molecule has 3 nitrogen and oxygen atoms in total. The maximum atomic E-state index is 13.2. The molecule has 0 bridgehead atoms. The summed E-state index contributed by atoms with van der Waals surface area (Å²) in [7, 11) is 0. The molecule has 1 aliphatic rings. The number of alkyl halides is 3. The molecule has 0 spiro atoms. The fourth-order valence-corrected chi connectivity index (χ4v) is 2.63. The zero-order valence-corrected chi connectivity index (χ0v) is 13.4. The second kappa shape index (κ2) is 7.09. The number of carbonyl (C=O) groups excluding carboxylic acids is 1. The Labute approximate surface area is 143 Å². The van der Waals surface area contributed by atoms with Gasteiger partial charge in [0.05, 0.1) is 5.56 Å². The van der Waals surface area contributed by atoms with Crippen molar-refractivity contribution in [3.63, 3.8) is 0 Å². The van der Waals surface area contributed by atoms with Crippen LogP contribution in [0.3, 0.4) is 0 Å². The summed E-state index contributed by atoms with van der Waals surface area (Å²) in [4.78, 5) is 18.0. The van der Waals surface area contributed by atoms with Gasteiger partial charge < -0.3 is 4.90 Å². The highest BCUT2D eigenvalue weighted by molar-refractivity contribution is 5.92. The number of rotatable bonds is 5. The van der Waals surface area contributed by atoms with Gasteiger partial charge in [-0.2, -0.15) is 13.2 Å². The van der Waals surface area contributed by atoms with Crippen molar-refractivity contribution in [2.45, 2.75) is 31.6 Å². The third-order valence-electron chi connectivity index (χ3n) is 4.04. The molecule has 1 amide bonds. The van der Waals surface area contributed by atoms with Gasteiger partial charge >= 0.3 is 6.18 Å². The first-order chi connectivity index (χ1) is 11.9. The lowest BCUT2D eigenvalue weighted by molar-refractivity contribution is -0.139. The van der Waals surface area contributed by atoms with Crippen LogP contribution in [0, 0.1) is 0 Å². The van der Waals surface area contributed by atoms with Crippen LogP contribution in [-0.2, 0) is 17.5 Å². The average Bonchev–Trinajstić information content (AvgIpc) is 3.43. The maximum Gasteiger partial charge on any atom is 0.416 e. The van der Waals surface area contributed by atoms with Crippen LogP contribution in [0.5, 0.6) is 0 Å². The van der Waals surface area contributed by atoms with Crippen LogP contribution >= 0.6 is 0 Å². The summed E-state index contributed by atoms with van der Waals surface area (Å²) < 4.78 is 39.5. The highest BCUT2D eigenvalue weighted by Crippen LogP contribution is 2.34. The fourth-order valence-electron chi connectivity index (χ4n) is 2.63. The van der Waals surface area contributed by atoms with E-state index in [2.05, 4.69) is 4.98 Å². The largest absolute Gasteiger partial charge is 0.416 e. The molecule has 3 rings (SSSR count). The Bertz CT molecular complexity index is 768. The average molecular weight is 346 g/mol. The summed E-state index contributed by atoms with van der Waals surface area (Å²) in [6.07, 6.45) is 3.47. The number of halogens is 3. The number of hydrogen-bond donors (Lipinski definition) is 0. The number of pyridine rings is 1. The molecule has 1 aromatic heterocycles. The molecule has 0 atom stereocenters. The van der Waals surface area contributed by atoms with Crippen molar-refractivity contribution in [1.82, 2.24) is 9.88 Å². The minimum absolute atomic E-state index is 0.00679. The van der Waals surface area contributed by atoms with E-state index in [4.69, 9.17) is 0 Å². The standard InChI is InChI=1S/C19H17F3N2O/c20-19(21,22)17-6-2-1-5-15(17)13-24(16-8-9-16)18(25)10-7-14-4-3-11-23-12-14/h1-7,10-12,16H,8-9,13H2/b10-7+. The minimum Gasteiger partial charge on any atom is -0.332 e. The molecule has 130 valence electrons. The van der Waals surface area contributed by atoms with Crippen LogP contribution < -0.4 is 0 Å². The third kappa shape index (κ3) is 4.47. The third-order valence-corrected chi connectivity index (χ3v) is 4.04. The van der Waals surface area contributed by atoms with E-state index in [9.17, 15) is 18.0 Å². The van der Waals surface area contributed by atoms with Gasteiger partial charge in [0.25, 0.3) is 0 Å². The second-order valence-corrected chi connectivity index (χ2v) is 5.97. The molecule has 6 heteroatoms. The maximum absolute atomic E-state index is 13.2. The van der Waals surface area contributed by atoms with Crippen molar-refractivity contribution in [2.75, 3.05) is 0 Å². The smallest absolute Gasteiger partial charge is 0.332 e. The lowest BCUT2D eigenvalue weighted by Gasteiger charge is -2.23. The van der Waals surface area contributed by atoms with Crippen LogP contribution in [0.25, 0.3) is 6.08 Å². The number of hydrogen-bond acceptors (Lipinski definition) is 2. The SMILES string of the molecule is O=C(/C=C/c1cccnc1)N(Cc1ccccc1C(F)(F)F)C1CC1. The molecule has 1 fully saturated rings. The van der Waals surface area contributed by atoms with Crippen LogP contribution in [-0.4, -0.2) is 21.8 Å². The summed E-state index contributed by atoms with van der Waals surface area (Å²) in [5.41, 5.74) is 0.192. The summed E-state index contributed by atoms with van der Waals surface area (Å²) in [6, 6.07) is 8.96. The Morgan fingerprint density at radius 1 is 1.20 bits per heavy atom. The van der Waals surface area contributed by atoms with Gasteiger partial charge in [-0.25, -0.2) is 0 Å². The van der Waals surface area contributed by atoms with E-state index in [1.807, 2.05) is 0 Å². The fraction of sp³-hybridized carbons (Fsp3) is 0.263. The van der Waals surface area contributed by atoms with E-state index in [1.54, 1.807) is 36.7 Å². The molecular weight excluding hydrogens is 329 g/mol. The predicted octanol–water partition coefficient (Wildman–Crippen LogP) is 4.30. The summed E-state index contributed by atoms with van der Waals surface area (Å²) in [6.45, 7) is -0.0451. The van der Waals surface area contributed by atoms with E-state index in [0.717, 1.165) is 24.5 Å². The lowest BCUT2D eigenvalue weighted by atomic mass is 10.1. The number of benzene rings is 1. The number of amides is 1. The molecule has 1 saturated carbocycles. The minimum atomic E-state index is -4.43. The Morgan fingerprint density at radius 3 is 2.60 bits per heavy atom. The first-order valence-electron chi connectivity index (χ1n) is 7.99. The summed E-state index contributed by atoms with van der Waals surface area (Å²) in [5, 5.41) is 0. The first-order valence-corrected chi connectivity index (χ1v) is 7.99. The molecular formula is C19H17F3N2O. The zero-order valence-electron chi connectivity index (χ0n) is 13.4. The number of nitrogens with zero attached hydrogens (tertiary/aromatic N) is 2. The Balaban J connectivity index is 1.79. The van der Waals surface area contributed by atoms with Gasteiger partial charge in [-0.05, 0) is 42.2 Å². The van der Waals surface area contributed by atoms with Gasteiger partial charge in [0, 0.05) is 31.1 Å². The van der Waals surface area contributed by atoms with E-state index >= 15 is 0 Å². The highest BCUT2D eigenvalue weighted by Gasteiger charge is 2.36. The summed E-state index contributed by atoms with van der Waals surface area (Å²) in [5.74, 6) is -0.289. The molecule has 0 unspecified atom stereocenters. The Morgan fingerprint density at radius 2 is 1.96 bits per heavy atom. The van der Waals surface area contributed by atoms with Crippen LogP contribution in [0.4, 0.5) is 13.2 Å². The lowest BCUT2D eigenvalue weighted by Crippen LogP contribution is -2.32. The van der Waals surface area contributed by atoms with Crippen LogP contribution in [0.2, 0.25) is 0 Å². The van der Waals surface area contributed by atoms with Crippen LogP contribution in [0.1, 0.15) is 29.5 Å². The van der Waals surface area contributed by atoms with Crippen LogP contribution in [0.15, 0.2) is 54.9 Å². The molecule has 2 aromatic rings. The Hall–Kier alpha value is -2.63. The normalized spacial score (nSPS) is 14.7. The van der Waals surface area contributed by atoms with E-state index in [1.165, 1.54) is 23.1 Å². The zero-order chi connectivity index (χ0) is 17.9. The van der Waals surface area contributed by atoms with Gasteiger partial charge in [0.15, 0.2) is 0 Å². The van der Waals surface area contributed by atoms with E-state index in [0.29, 0.717) is 0 Å². The molecule has 1 heterocycles. The molecule has 25 heavy (non-hydrogen) atoms. The molecule has 1 aliphatic carbocycles. The first kappa shape index (κ1) is 17.2. The van der Waals surface area contributed by atoms with Crippen molar-refractivity contribution in [1.29, 1.82) is 0 Å². The van der Waals surface area contributed by atoms with Gasteiger partial charge in [-0.15, -0.1) is 0 Å². The molecule has 0 N–H and O–H groups in total. The van der Waals surface area contributed by atoms with Crippen molar-refractivity contribution < 1.29 is 18.0 Å². The van der Waals surface area contributed by atoms with Gasteiger partial charge in [-0.1, -0.05) is 24.3 Å². The second-order valence-electron chi connectivity index (χ2n) is 5.97. The molecule has 0 aliphatic heterocycles.